The second-order valence-electron chi connectivity index (χ2n) is 6.99. The molecule has 0 N–H and O–H groups in total. The molecule has 0 radical (unpaired) electrons. The first-order chi connectivity index (χ1) is 11.8. The number of furan rings is 1. The Kier molecular flexibility index (Phi) is 4.79. The SMILES string of the molecule is Cc1cc(N2CCN(C(=O)c3cc(C)oc3C)CC2)nc(C(C)C)n1. The number of anilines is 1. The molecule has 1 aliphatic heterocycles. The molecule has 0 saturated carbocycles. The number of piperazine rings is 1. The van der Waals surface area contributed by atoms with Crippen LogP contribution in [-0.4, -0.2) is 47.0 Å². The summed E-state index contributed by atoms with van der Waals surface area (Å²) in [5.74, 6) is 3.65. The average molecular weight is 342 g/mol. The zero-order valence-electron chi connectivity index (χ0n) is 15.7. The fourth-order valence-electron chi connectivity index (χ4n) is 3.15. The first-order valence-electron chi connectivity index (χ1n) is 8.82. The Hall–Kier alpha value is -2.37. The highest BCUT2D eigenvalue weighted by Gasteiger charge is 2.25. The third-order valence-electron chi connectivity index (χ3n) is 4.54. The van der Waals surface area contributed by atoms with E-state index in [1.807, 2.05) is 37.8 Å². The molecule has 0 atom stereocenters. The maximum Gasteiger partial charge on any atom is 0.257 e. The van der Waals surface area contributed by atoms with Gasteiger partial charge in [-0.15, -0.1) is 0 Å². The molecule has 25 heavy (non-hydrogen) atoms. The van der Waals surface area contributed by atoms with E-state index in [9.17, 15) is 4.79 Å². The summed E-state index contributed by atoms with van der Waals surface area (Å²) in [6, 6.07) is 3.85. The predicted octanol–water partition coefficient (Wildman–Crippen LogP) is 3.08. The molecule has 0 aliphatic carbocycles. The van der Waals surface area contributed by atoms with Gasteiger partial charge in [0.15, 0.2) is 0 Å². The molecule has 0 aromatic carbocycles. The minimum absolute atomic E-state index is 0.0516. The van der Waals surface area contributed by atoms with Crippen molar-refractivity contribution in [2.45, 2.75) is 40.5 Å². The van der Waals surface area contributed by atoms with Gasteiger partial charge >= 0.3 is 0 Å². The number of hydrogen-bond acceptors (Lipinski definition) is 5. The first-order valence-corrected chi connectivity index (χ1v) is 8.82. The molecule has 134 valence electrons. The van der Waals surface area contributed by atoms with Gasteiger partial charge in [-0.05, 0) is 26.8 Å². The van der Waals surface area contributed by atoms with Gasteiger partial charge in [0.2, 0.25) is 0 Å². The summed E-state index contributed by atoms with van der Waals surface area (Å²) < 4.78 is 5.49. The van der Waals surface area contributed by atoms with Crippen molar-refractivity contribution in [3.63, 3.8) is 0 Å². The smallest absolute Gasteiger partial charge is 0.257 e. The molecule has 6 heteroatoms. The Morgan fingerprint density at radius 1 is 1.08 bits per heavy atom. The largest absolute Gasteiger partial charge is 0.466 e. The lowest BCUT2D eigenvalue weighted by atomic mass is 10.2. The van der Waals surface area contributed by atoms with Crippen LogP contribution in [0.5, 0.6) is 0 Å². The standard InChI is InChI=1S/C19H26N4O2/c1-12(2)18-20-13(3)10-17(21-18)22-6-8-23(9-7-22)19(24)16-11-14(4)25-15(16)5/h10-12H,6-9H2,1-5H3. The van der Waals surface area contributed by atoms with E-state index in [1.54, 1.807) is 0 Å². The second-order valence-corrected chi connectivity index (χ2v) is 6.99. The highest BCUT2D eigenvalue weighted by molar-refractivity contribution is 5.95. The van der Waals surface area contributed by atoms with Crippen molar-refractivity contribution >= 4 is 11.7 Å². The zero-order valence-corrected chi connectivity index (χ0v) is 15.7. The van der Waals surface area contributed by atoms with E-state index in [0.29, 0.717) is 30.3 Å². The van der Waals surface area contributed by atoms with E-state index in [-0.39, 0.29) is 5.91 Å². The fourth-order valence-corrected chi connectivity index (χ4v) is 3.15. The van der Waals surface area contributed by atoms with Gasteiger partial charge in [-0.3, -0.25) is 4.79 Å². The molecule has 1 aliphatic rings. The van der Waals surface area contributed by atoms with E-state index in [2.05, 4.69) is 23.7 Å². The maximum absolute atomic E-state index is 12.7. The first kappa shape index (κ1) is 17.5. The summed E-state index contributed by atoms with van der Waals surface area (Å²) >= 11 is 0. The summed E-state index contributed by atoms with van der Waals surface area (Å²) in [5.41, 5.74) is 1.66. The molecule has 1 saturated heterocycles. The molecule has 3 heterocycles. The van der Waals surface area contributed by atoms with E-state index >= 15 is 0 Å². The van der Waals surface area contributed by atoms with Crippen molar-refractivity contribution in [2.75, 3.05) is 31.1 Å². The number of rotatable bonds is 3. The van der Waals surface area contributed by atoms with Crippen molar-refractivity contribution in [1.29, 1.82) is 0 Å². The third-order valence-corrected chi connectivity index (χ3v) is 4.54. The Labute approximate surface area is 148 Å². The summed E-state index contributed by atoms with van der Waals surface area (Å²) in [7, 11) is 0. The number of hydrogen-bond donors (Lipinski definition) is 0. The number of amides is 1. The van der Waals surface area contributed by atoms with E-state index in [4.69, 9.17) is 9.40 Å². The number of aromatic nitrogens is 2. The summed E-state index contributed by atoms with van der Waals surface area (Å²) in [4.78, 5) is 26.0. The minimum Gasteiger partial charge on any atom is -0.466 e. The van der Waals surface area contributed by atoms with Crippen LogP contribution in [0, 0.1) is 20.8 Å². The topological polar surface area (TPSA) is 62.5 Å². The van der Waals surface area contributed by atoms with Crippen molar-refractivity contribution in [2.24, 2.45) is 0 Å². The molecule has 0 spiro atoms. The summed E-state index contributed by atoms with van der Waals surface area (Å²) in [6.45, 7) is 12.8. The zero-order chi connectivity index (χ0) is 18.1. The lowest BCUT2D eigenvalue weighted by Gasteiger charge is -2.35. The normalized spacial score (nSPS) is 15.1. The molecule has 1 fully saturated rings. The Bertz CT molecular complexity index is 774. The highest BCUT2D eigenvalue weighted by Crippen LogP contribution is 2.21. The number of nitrogens with zero attached hydrogens (tertiary/aromatic N) is 4. The molecular weight excluding hydrogens is 316 g/mol. The second kappa shape index (κ2) is 6.86. The fraction of sp³-hybridized carbons (Fsp3) is 0.526. The van der Waals surface area contributed by atoms with Crippen LogP contribution >= 0.6 is 0 Å². The van der Waals surface area contributed by atoms with E-state index < -0.39 is 0 Å². The van der Waals surface area contributed by atoms with Crippen LogP contribution in [0.3, 0.4) is 0 Å². The summed E-state index contributed by atoms with van der Waals surface area (Å²) in [6.07, 6.45) is 0. The van der Waals surface area contributed by atoms with Crippen molar-refractivity contribution in [1.82, 2.24) is 14.9 Å². The van der Waals surface area contributed by atoms with E-state index in [0.717, 1.165) is 36.2 Å². The van der Waals surface area contributed by atoms with Gasteiger partial charge < -0.3 is 14.2 Å². The van der Waals surface area contributed by atoms with Crippen LogP contribution in [0.1, 0.15) is 53.2 Å². The molecule has 0 unspecified atom stereocenters. The van der Waals surface area contributed by atoms with Gasteiger partial charge in [0.25, 0.3) is 5.91 Å². The van der Waals surface area contributed by atoms with Gasteiger partial charge in [0, 0.05) is 43.9 Å². The number of carbonyl (C=O) groups is 1. The maximum atomic E-state index is 12.7. The van der Waals surface area contributed by atoms with Gasteiger partial charge in [-0.2, -0.15) is 0 Å². The van der Waals surface area contributed by atoms with Crippen LogP contribution in [0.4, 0.5) is 5.82 Å². The minimum atomic E-state index is 0.0516. The Morgan fingerprint density at radius 2 is 1.76 bits per heavy atom. The van der Waals surface area contributed by atoms with Gasteiger partial charge in [0.1, 0.15) is 23.2 Å². The van der Waals surface area contributed by atoms with Crippen LogP contribution in [0.2, 0.25) is 0 Å². The Balaban J connectivity index is 1.70. The van der Waals surface area contributed by atoms with Crippen molar-refractivity contribution in [3.05, 3.63) is 40.7 Å². The molecule has 2 aromatic rings. The molecule has 3 rings (SSSR count). The monoisotopic (exact) mass is 342 g/mol. The highest BCUT2D eigenvalue weighted by atomic mass is 16.3. The van der Waals surface area contributed by atoms with Crippen LogP contribution in [0.15, 0.2) is 16.5 Å². The lowest BCUT2D eigenvalue weighted by Crippen LogP contribution is -2.49. The van der Waals surface area contributed by atoms with Gasteiger partial charge in [0.05, 0.1) is 5.56 Å². The van der Waals surface area contributed by atoms with Crippen molar-refractivity contribution in [3.8, 4) is 0 Å². The predicted molar refractivity (Wildman–Crippen MR) is 97.2 cm³/mol. The van der Waals surface area contributed by atoms with Gasteiger partial charge in [-0.1, -0.05) is 13.8 Å². The molecule has 0 bridgehead atoms. The van der Waals surface area contributed by atoms with Crippen LogP contribution in [-0.2, 0) is 0 Å². The Morgan fingerprint density at radius 3 is 2.32 bits per heavy atom. The van der Waals surface area contributed by atoms with Crippen LogP contribution < -0.4 is 4.90 Å². The third kappa shape index (κ3) is 3.67. The lowest BCUT2D eigenvalue weighted by molar-refractivity contribution is 0.0744. The molecule has 6 nitrogen and oxygen atoms in total. The van der Waals surface area contributed by atoms with E-state index in [1.165, 1.54) is 0 Å². The van der Waals surface area contributed by atoms with Crippen molar-refractivity contribution < 1.29 is 9.21 Å². The molecular formula is C19H26N4O2. The summed E-state index contributed by atoms with van der Waals surface area (Å²) in [5, 5.41) is 0. The number of carbonyl (C=O) groups excluding carboxylic acids is 1. The quantitative estimate of drug-likeness (QED) is 0.858. The average Bonchev–Trinajstić information content (AvgIpc) is 2.92. The molecule has 2 aromatic heterocycles. The molecule has 1 amide bonds. The number of aryl methyl sites for hydroxylation is 3. The van der Waals surface area contributed by atoms with Crippen LogP contribution in [0.25, 0.3) is 0 Å². The van der Waals surface area contributed by atoms with Gasteiger partial charge in [-0.25, -0.2) is 9.97 Å².